The minimum absolute atomic E-state index is 0.317. The highest BCUT2D eigenvalue weighted by molar-refractivity contribution is 9.10. The fourth-order valence-electron chi connectivity index (χ4n) is 2.26. The lowest BCUT2D eigenvalue weighted by Gasteiger charge is -2.11. The summed E-state index contributed by atoms with van der Waals surface area (Å²) in [5.41, 5.74) is 8.29. The van der Waals surface area contributed by atoms with Crippen molar-refractivity contribution < 1.29 is 8.81 Å². The van der Waals surface area contributed by atoms with Gasteiger partial charge in [0.05, 0.1) is 10.5 Å². The van der Waals surface area contributed by atoms with Crippen LogP contribution in [0, 0.1) is 12.7 Å². The number of benzene rings is 2. The van der Waals surface area contributed by atoms with E-state index in [4.69, 9.17) is 10.2 Å². The highest BCUT2D eigenvalue weighted by Gasteiger charge is 2.18. The van der Waals surface area contributed by atoms with Gasteiger partial charge in [0.2, 0.25) is 0 Å². The van der Waals surface area contributed by atoms with Crippen LogP contribution in [0.4, 0.5) is 4.39 Å². The molecule has 4 heteroatoms. The third-order valence-electron chi connectivity index (χ3n) is 3.31. The van der Waals surface area contributed by atoms with E-state index >= 15 is 0 Å². The number of furan rings is 1. The Balaban J connectivity index is 2.10. The van der Waals surface area contributed by atoms with Crippen LogP contribution in [-0.2, 0) is 0 Å². The van der Waals surface area contributed by atoms with Crippen LogP contribution in [0.25, 0.3) is 11.0 Å². The van der Waals surface area contributed by atoms with E-state index < -0.39 is 6.04 Å². The van der Waals surface area contributed by atoms with Gasteiger partial charge >= 0.3 is 0 Å². The van der Waals surface area contributed by atoms with Crippen molar-refractivity contribution >= 4 is 26.9 Å². The highest BCUT2D eigenvalue weighted by Crippen LogP contribution is 2.32. The lowest BCUT2D eigenvalue weighted by molar-refractivity contribution is 0.509. The molecule has 2 nitrogen and oxygen atoms in total. The maximum Gasteiger partial charge on any atom is 0.148 e. The number of aryl methyl sites for hydroxylation is 1. The Morgan fingerprint density at radius 1 is 1.20 bits per heavy atom. The van der Waals surface area contributed by atoms with E-state index in [0.29, 0.717) is 11.3 Å². The predicted molar refractivity (Wildman–Crippen MR) is 81.1 cm³/mol. The van der Waals surface area contributed by atoms with Crippen molar-refractivity contribution in [2.75, 3.05) is 0 Å². The lowest BCUT2D eigenvalue weighted by Crippen LogP contribution is -2.13. The number of halogens is 2. The van der Waals surface area contributed by atoms with Crippen LogP contribution in [0.1, 0.15) is 22.9 Å². The maximum atomic E-state index is 13.9. The largest absolute Gasteiger partial charge is 0.458 e. The average molecular weight is 334 g/mol. The Labute approximate surface area is 124 Å². The third kappa shape index (κ3) is 2.25. The van der Waals surface area contributed by atoms with Crippen molar-refractivity contribution in [2.45, 2.75) is 13.0 Å². The zero-order chi connectivity index (χ0) is 14.3. The summed E-state index contributed by atoms with van der Waals surface area (Å²) < 4.78 is 20.5. The van der Waals surface area contributed by atoms with E-state index in [2.05, 4.69) is 15.9 Å². The molecule has 2 N–H and O–H groups in total. The number of fused-ring (bicyclic) bond motifs is 1. The second-order valence-corrected chi connectivity index (χ2v) is 5.66. The van der Waals surface area contributed by atoms with Gasteiger partial charge in [-0.3, -0.25) is 0 Å². The molecule has 3 rings (SSSR count). The molecule has 0 radical (unpaired) electrons. The minimum Gasteiger partial charge on any atom is -0.458 e. The molecule has 0 fully saturated rings. The van der Waals surface area contributed by atoms with Gasteiger partial charge in [-0.2, -0.15) is 0 Å². The fraction of sp³-hybridized carbons (Fsp3) is 0.125. The number of hydrogen-bond donors (Lipinski definition) is 1. The molecule has 0 spiro atoms. The summed E-state index contributed by atoms with van der Waals surface area (Å²) in [6.07, 6.45) is 0. The van der Waals surface area contributed by atoms with Crippen LogP contribution >= 0.6 is 15.9 Å². The van der Waals surface area contributed by atoms with Crippen molar-refractivity contribution in [3.05, 3.63) is 69.6 Å². The van der Waals surface area contributed by atoms with Gasteiger partial charge in [-0.05, 0) is 41.1 Å². The first kappa shape index (κ1) is 13.3. The molecule has 1 atom stereocenters. The van der Waals surface area contributed by atoms with Crippen molar-refractivity contribution in [1.29, 1.82) is 0 Å². The number of nitrogens with two attached hydrogens (primary N) is 1. The zero-order valence-electron chi connectivity index (χ0n) is 10.9. The molecule has 0 aliphatic carbocycles. The summed E-state index contributed by atoms with van der Waals surface area (Å²) in [5, 5.41) is 0.942. The van der Waals surface area contributed by atoms with Gasteiger partial charge < -0.3 is 10.2 Å². The van der Waals surface area contributed by atoms with Gasteiger partial charge in [0, 0.05) is 10.9 Å². The molecule has 0 bridgehead atoms. The maximum absolute atomic E-state index is 13.9. The Morgan fingerprint density at radius 3 is 2.75 bits per heavy atom. The molecule has 1 heterocycles. The van der Waals surface area contributed by atoms with E-state index in [9.17, 15) is 4.39 Å². The zero-order valence-corrected chi connectivity index (χ0v) is 12.4. The van der Waals surface area contributed by atoms with Crippen molar-refractivity contribution in [3.8, 4) is 0 Å². The Hall–Kier alpha value is -1.65. The Kier molecular flexibility index (Phi) is 3.36. The molecule has 3 aromatic rings. The summed E-state index contributed by atoms with van der Waals surface area (Å²) >= 11 is 3.43. The SMILES string of the molecule is Cc1ccc(F)c(C(N)c2cc3cccc(Br)c3o2)c1. The van der Waals surface area contributed by atoms with Gasteiger partial charge in [0.25, 0.3) is 0 Å². The second kappa shape index (κ2) is 5.04. The van der Waals surface area contributed by atoms with Crippen LogP contribution in [-0.4, -0.2) is 0 Å². The van der Waals surface area contributed by atoms with Gasteiger partial charge in [0.1, 0.15) is 17.2 Å². The quantitative estimate of drug-likeness (QED) is 0.738. The molecule has 0 amide bonds. The summed E-state index contributed by atoms with van der Waals surface area (Å²) in [6.45, 7) is 1.91. The van der Waals surface area contributed by atoms with E-state index in [1.165, 1.54) is 6.07 Å². The fourth-order valence-corrected chi connectivity index (χ4v) is 2.72. The van der Waals surface area contributed by atoms with Crippen LogP contribution in [0.15, 0.2) is 51.4 Å². The molecule has 1 unspecified atom stereocenters. The first-order valence-electron chi connectivity index (χ1n) is 6.26. The molecule has 0 aliphatic rings. The number of hydrogen-bond acceptors (Lipinski definition) is 2. The van der Waals surface area contributed by atoms with E-state index in [0.717, 1.165) is 21.0 Å². The standard InChI is InChI=1S/C16H13BrFNO/c1-9-5-6-13(18)11(7-9)15(19)14-8-10-3-2-4-12(17)16(10)20-14/h2-8,15H,19H2,1H3. The molecule has 0 aliphatic heterocycles. The molecular weight excluding hydrogens is 321 g/mol. The molecule has 0 saturated heterocycles. The monoisotopic (exact) mass is 333 g/mol. The van der Waals surface area contributed by atoms with E-state index in [-0.39, 0.29) is 5.82 Å². The average Bonchev–Trinajstić information content (AvgIpc) is 2.86. The first-order valence-corrected chi connectivity index (χ1v) is 7.05. The smallest absolute Gasteiger partial charge is 0.148 e. The number of para-hydroxylation sites is 1. The van der Waals surface area contributed by atoms with Crippen molar-refractivity contribution in [3.63, 3.8) is 0 Å². The van der Waals surface area contributed by atoms with Gasteiger partial charge in [0.15, 0.2) is 0 Å². The molecule has 20 heavy (non-hydrogen) atoms. The summed E-state index contributed by atoms with van der Waals surface area (Å²) in [4.78, 5) is 0. The van der Waals surface area contributed by atoms with E-state index in [1.807, 2.05) is 31.2 Å². The normalized spacial score (nSPS) is 12.8. The lowest BCUT2D eigenvalue weighted by atomic mass is 10.0. The topological polar surface area (TPSA) is 39.2 Å². The van der Waals surface area contributed by atoms with Gasteiger partial charge in [-0.1, -0.05) is 29.8 Å². The molecular formula is C16H13BrFNO. The third-order valence-corrected chi connectivity index (χ3v) is 3.93. The predicted octanol–water partition coefficient (Wildman–Crippen LogP) is 4.69. The van der Waals surface area contributed by atoms with Crippen LogP contribution in [0.3, 0.4) is 0 Å². The Bertz CT molecular complexity index is 781. The summed E-state index contributed by atoms with van der Waals surface area (Å²) in [6, 6.07) is 11.9. The minimum atomic E-state index is -0.616. The van der Waals surface area contributed by atoms with Crippen LogP contribution in [0.2, 0.25) is 0 Å². The van der Waals surface area contributed by atoms with Crippen LogP contribution < -0.4 is 5.73 Å². The summed E-state index contributed by atoms with van der Waals surface area (Å²) in [5.74, 6) is 0.235. The molecule has 102 valence electrons. The second-order valence-electron chi connectivity index (χ2n) is 4.81. The van der Waals surface area contributed by atoms with Crippen LogP contribution in [0.5, 0.6) is 0 Å². The molecule has 1 aromatic heterocycles. The number of rotatable bonds is 2. The molecule has 2 aromatic carbocycles. The van der Waals surface area contributed by atoms with Gasteiger partial charge in [-0.25, -0.2) is 4.39 Å². The first-order chi connectivity index (χ1) is 9.56. The molecule has 0 saturated carbocycles. The highest BCUT2D eigenvalue weighted by atomic mass is 79.9. The van der Waals surface area contributed by atoms with E-state index in [1.54, 1.807) is 12.1 Å². The van der Waals surface area contributed by atoms with Crippen molar-refractivity contribution in [2.24, 2.45) is 5.73 Å². The van der Waals surface area contributed by atoms with Crippen molar-refractivity contribution in [1.82, 2.24) is 0 Å². The van der Waals surface area contributed by atoms with Gasteiger partial charge in [-0.15, -0.1) is 0 Å². The summed E-state index contributed by atoms with van der Waals surface area (Å²) in [7, 11) is 0. The Morgan fingerprint density at radius 2 is 2.00 bits per heavy atom.